The third kappa shape index (κ3) is 5.50. The van der Waals surface area contributed by atoms with Gasteiger partial charge in [-0.05, 0) is 24.3 Å². The monoisotopic (exact) mass is 288 g/mol. The molecule has 3 heteroatoms. The van der Waals surface area contributed by atoms with Crippen molar-refractivity contribution in [2.75, 3.05) is 26.2 Å². The summed E-state index contributed by atoms with van der Waals surface area (Å²) in [7, 11) is 0. The lowest BCUT2D eigenvalue weighted by Gasteiger charge is -2.22. The zero-order chi connectivity index (χ0) is 15.1. The Kier molecular flexibility index (Phi) is 6.24. The molecule has 1 heterocycles. The third-order valence-electron chi connectivity index (χ3n) is 4.13. The van der Waals surface area contributed by atoms with Crippen molar-refractivity contribution in [1.82, 2.24) is 9.80 Å². The molecular formula is C18H28N2O. The molecule has 0 aromatic heterocycles. The first-order valence-electron chi connectivity index (χ1n) is 8.19. The van der Waals surface area contributed by atoms with Gasteiger partial charge in [0.15, 0.2) is 0 Å². The fourth-order valence-corrected chi connectivity index (χ4v) is 2.79. The highest BCUT2D eigenvalue weighted by molar-refractivity contribution is 5.76. The van der Waals surface area contributed by atoms with Gasteiger partial charge in [-0.1, -0.05) is 44.2 Å². The highest BCUT2D eigenvalue weighted by atomic mass is 16.2. The van der Waals surface area contributed by atoms with Crippen LogP contribution in [0.3, 0.4) is 0 Å². The number of rotatable bonds is 5. The van der Waals surface area contributed by atoms with Gasteiger partial charge in [-0.15, -0.1) is 0 Å². The summed E-state index contributed by atoms with van der Waals surface area (Å²) in [4.78, 5) is 16.8. The van der Waals surface area contributed by atoms with Crippen LogP contribution in [0, 0.1) is 5.92 Å². The van der Waals surface area contributed by atoms with E-state index >= 15 is 0 Å². The minimum atomic E-state index is 0.338. The number of hydrogen-bond acceptors (Lipinski definition) is 2. The zero-order valence-corrected chi connectivity index (χ0v) is 13.4. The fraction of sp³-hybridized carbons (Fsp3) is 0.611. The summed E-state index contributed by atoms with van der Waals surface area (Å²) in [5, 5.41) is 0. The number of amides is 1. The van der Waals surface area contributed by atoms with E-state index in [1.165, 1.54) is 5.56 Å². The van der Waals surface area contributed by atoms with Crippen LogP contribution in [0.1, 0.15) is 38.7 Å². The average molecular weight is 288 g/mol. The summed E-state index contributed by atoms with van der Waals surface area (Å²) in [6.45, 7) is 9.22. The van der Waals surface area contributed by atoms with Crippen molar-refractivity contribution in [1.29, 1.82) is 0 Å². The highest BCUT2D eigenvalue weighted by Crippen LogP contribution is 2.11. The Morgan fingerprint density at radius 3 is 2.57 bits per heavy atom. The van der Waals surface area contributed by atoms with E-state index in [4.69, 9.17) is 0 Å². The van der Waals surface area contributed by atoms with E-state index < -0.39 is 0 Å². The molecule has 1 saturated heterocycles. The second kappa shape index (κ2) is 8.18. The molecule has 0 unspecified atom stereocenters. The Hall–Kier alpha value is -1.35. The Bertz CT molecular complexity index is 430. The second-order valence-electron chi connectivity index (χ2n) is 6.43. The van der Waals surface area contributed by atoms with Gasteiger partial charge >= 0.3 is 0 Å². The first-order chi connectivity index (χ1) is 10.1. The molecule has 3 nitrogen and oxygen atoms in total. The van der Waals surface area contributed by atoms with Crippen LogP contribution in [0.2, 0.25) is 0 Å². The molecule has 2 rings (SSSR count). The number of carbonyl (C=O) groups excluding carboxylic acids is 1. The molecule has 1 aromatic rings. The summed E-state index contributed by atoms with van der Waals surface area (Å²) in [5.41, 5.74) is 1.36. The lowest BCUT2D eigenvalue weighted by atomic mass is 10.1. The summed E-state index contributed by atoms with van der Waals surface area (Å²) in [6, 6.07) is 10.6. The summed E-state index contributed by atoms with van der Waals surface area (Å²) in [5.74, 6) is 0.945. The largest absolute Gasteiger partial charge is 0.341 e. The molecule has 21 heavy (non-hydrogen) atoms. The highest BCUT2D eigenvalue weighted by Gasteiger charge is 2.19. The van der Waals surface area contributed by atoms with Gasteiger partial charge in [0.1, 0.15) is 0 Å². The molecular weight excluding hydrogens is 260 g/mol. The van der Waals surface area contributed by atoms with Crippen molar-refractivity contribution in [2.45, 2.75) is 39.7 Å². The lowest BCUT2D eigenvalue weighted by Crippen LogP contribution is -2.35. The van der Waals surface area contributed by atoms with Crippen LogP contribution in [-0.2, 0) is 11.3 Å². The first kappa shape index (κ1) is 16.0. The zero-order valence-electron chi connectivity index (χ0n) is 13.4. The second-order valence-corrected chi connectivity index (χ2v) is 6.43. The van der Waals surface area contributed by atoms with Gasteiger partial charge in [-0.3, -0.25) is 9.69 Å². The minimum absolute atomic E-state index is 0.338. The Balaban J connectivity index is 1.80. The molecule has 1 aromatic carbocycles. The smallest absolute Gasteiger partial charge is 0.222 e. The van der Waals surface area contributed by atoms with E-state index in [2.05, 4.69) is 54.0 Å². The van der Waals surface area contributed by atoms with Crippen molar-refractivity contribution < 1.29 is 4.79 Å². The molecule has 0 spiro atoms. The molecule has 1 fully saturated rings. The molecule has 0 bridgehead atoms. The Morgan fingerprint density at radius 1 is 1.10 bits per heavy atom. The van der Waals surface area contributed by atoms with Gasteiger partial charge in [0, 0.05) is 39.1 Å². The Labute approximate surface area is 128 Å². The molecule has 116 valence electrons. The van der Waals surface area contributed by atoms with Gasteiger partial charge in [0.2, 0.25) is 5.91 Å². The van der Waals surface area contributed by atoms with Gasteiger partial charge in [0.05, 0.1) is 0 Å². The van der Waals surface area contributed by atoms with E-state index in [1.54, 1.807) is 0 Å². The molecule has 0 radical (unpaired) electrons. The fourth-order valence-electron chi connectivity index (χ4n) is 2.79. The standard InChI is InChI=1S/C18H28N2O/c1-16(2)9-10-18(21)20-12-6-11-19(13-14-20)15-17-7-4-3-5-8-17/h3-5,7-8,16H,6,9-15H2,1-2H3. The van der Waals surface area contributed by atoms with Gasteiger partial charge in [-0.2, -0.15) is 0 Å². The van der Waals surface area contributed by atoms with Crippen LogP contribution in [0.25, 0.3) is 0 Å². The maximum Gasteiger partial charge on any atom is 0.222 e. The molecule has 0 aliphatic carbocycles. The van der Waals surface area contributed by atoms with Crippen LogP contribution >= 0.6 is 0 Å². The maximum absolute atomic E-state index is 12.2. The lowest BCUT2D eigenvalue weighted by molar-refractivity contribution is -0.131. The number of hydrogen-bond donors (Lipinski definition) is 0. The minimum Gasteiger partial charge on any atom is -0.341 e. The topological polar surface area (TPSA) is 23.6 Å². The van der Waals surface area contributed by atoms with E-state index in [1.807, 2.05) is 0 Å². The van der Waals surface area contributed by atoms with E-state index in [9.17, 15) is 4.79 Å². The quantitative estimate of drug-likeness (QED) is 0.831. The molecule has 1 aliphatic heterocycles. The normalized spacial score (nSPS) is 17.0. The van der Waals surface area contributed by atoms with E-state index in [0.29, 0.717) is 18.2 Å². The predicted molar refractivity (Wildman–Crippen MR) is 87.0 cm³/mol. The van der Waals surface area contributed by atoms with Gasteiger partial charge in [0.25, 0.3) is 0 Å². The maximum atomic E-state index is 12.2. The summed E-state index contributed by atoms with van der Waals surface area (Å²) < 4.78 is 0. The molecule has 0 N–H and O–H groups in total. The van der Waals surface area contributed by atoms with Crippen molar-refractivity contribution in [3.63, 3.8) is 0 Å². The first-order valence-corrected chi connectivity index (χ1v) is 8.19. The molecule has 1 amide bonds. The van der Waals surface area contributed by atoms with Crippen molar-refractivity contribution in [3.8, 4) is 0 Å². The van der Waals surface area contributed by atoms with Crippen LogP contribution in [0.15, 0.2) is 30.3 Å². The summed E-state index contributed by atoms with van der Waals surface area (Å²) >= 11 is 0. The average Bonchev–Trinajstić information content (AvgIpc) is 2.71. The number of carbonyl (C=O) groups is 1. The third-order valence-corrected chi connectivity index (χ3v) is 4.13. The van der Waals surface area contributed by atoms with E-state index in [0.717, 1.165) is 45.6 Å². The molecule has 0 saturated carbocycles. The van der Waals surface area contributed by atoms with E-state index in [-0.39, 0.29) is 0 Å². The van der Waals surface area contributed by atoms with Gasteiger partial charge < -0.3 is 4.90 Å². The predicted octanol–water partition coefficient (Wildman–Crippen LogP) is 3.16. The molecule has 0 atom stereocenters. The number of benzene rings is 1. The van der Waals surface area contributed by atoms with Crippen molar-refractivity contribution in [3.05, 3.63) is 35.9 Å². The molecule has 1 aliphatic rings. The van der Waals surface area contributed by atoms with Crippen LogP contribution in [0.4, 0.5) is 0 Å². The van der Waals surface area contributed by atoms with Crippen LogP contribution in [0.5, 0.6) is 0 Å². The van der Waals surface area contributed by atoms with Crippen molar-refractivity contribution >= 4 is 5.91 Å². The van der Waals surface area contributed by atoms with Crippen molar-refractivity contribution in [2.24, 2.45) is 5.92 Å². The van der Waals surface area contributed by atoms with Crippen LogP contribution in [-0.4, -0.2) is 41.9 Å². The van der Waals surface area contributed by atoms with Gasteiger partial charge in [-0.25, -0.2) is 0 Å². The summed E-state index contributed by atoms with van der Waals surface area (Å²) in [6.07, 6.45) is 2.79. The SMILES string of the molecule is CC(C)CCC(=O)N1CCCN(Cc2ccccc2)CC1. The number of nitrogens with zero attached hydrogens (tertiary/aromatic N) is 2. The van der Waals surface area contributed by atoms with Crippen LogP contribution < -0.4 is 0 Å². The Morgan fingerprint density at radius 2 is 1.86 bits per heavy atom.